The largest absolute Gasteiger partial charge is 0.496 e. The summed E-state index contributed by atoms with van der Waals surface area (Å²) in [7, 11) is 4.81. The molecule has 0 aliphatic heterocycles. The zero-order valence-corrected chi connectivity index (χ0v) is 18.3. The van der Waals surface area contributed by atoms with Crippen LogP contribution in [0.15, 0.2) is 41.2 Å². The summed E-state index contributed by atoms with van der Waals surface area (Å²) in [6, 6.07) is 11.4. The van der Waals surface area contributed by atoms with Crippen LogP contribution in [0.1, 0.15) is 10.4 Å². The van der Waals surface area contributed by atoms with E-state index in [1.165, 1.54) is 11.3 Å². The Balaban J connectivity index is 1.88. The number of rotatable bonds is 5. The van der Waals surface area contributed by atoms with Crippen LogP contribution in [0.4, 0.5) is 0 Å². The molecule has 0 fully saturated rings. The topological polar surface area (TPSA) is 73.4 Å². The van der Waals surface area contributed by atoms with Crippen molar-refractivity contribution < 1.29 is 14.2 Å². The summed E-state index contributed by atoms with van der Waals surface area (Å²) < 4.78 is 16.0. The van der Waals surface area contributed by atoms with Crippen LogP contribution in [0, 0.1) is 13.8 Å². The average molecular weight is 423 g/mol. The first-order valence-electron chi connectivity index (χ1n) is 9.37. The molecule has 4 aromatic rings. The minimum Gasteiger partial charge on any atom is -0.496 e. The second-order valence-corrected chi connectivity index (χ2v) is 8.09. The lowest BCUT2D eigenvalue weighted by Crippen LogP contribution is -2.09. The van der Waals surface area contributed by atoms with Crippen LogP contribution in [-0.4, -0.2) is 31.3 Å². The molecule has 0 bridgehead atoms. The number of ether oxygens (including phenoxy) is 3. The van der Waals surface area contributed by atoms with Crippen LogP contribution < -0.4 is 19.8 Å². The number of H-pyrrole nitrogens is 1. The highest BCUT2D eigenvalue weighted by molar-refractivity contribution is 7.19. The number of aryl methyl sites for hydroxylation is 2. The van der Waals surface area contributed by atoms with Gasteiger partial charge in [-0.3, -0.25) is 4.79 Å². The van der Waals surface area contributed by atoms with Gasteiger partial charge in [0.05, 0.1) is 26.7 Å². The van der Waals surface area contributed by atoms with Gasteiger partial charge < -0.3 is 19.2 Å². The van der Waals surface area contributed by atoms with Crippen molar-refractivity contribution in [3.05, 3.63) is 57.2 Å². The molecule has 0 saturated carbocycles. The van der Waals surface area contributed by atoms with E-state index in [2.05, 4.69) is 4.98 Å². The average Bonchev–Trinajstić information content (AvgIpc) is 3.09. The lowest BCUT2D eigenvalue weighted by Gasteiger charge is -2.09. The van der Waals surface area contributed by atoms with Gasteiger partial charge in [0.25, 0.3) is 5.56 Å². The van der Waals surface area contributed by atoms with Crippen LogP contribution in [0.2, 0.25) is 0 Å². The van der Waals surface area contributed by atoms with Gasteiger partial charge in [-0.25, -0.2) is 4.98 Å². The molecule has 0 aliphatic carbocycles. The van der Waals surface area contributed by atoms with Gasteiger partial charge in [-0.15, -0.1) is 11.3 Å². The fraction of sp³-hybridized carbons (Fsp3) is 0.217. The third kappa shape index (κ3) is 3.31. The van der Waals surface area contributed by atoms with Crippen LogP contribution in [0.3, 0.4) is 0 Å². The molecule has 2 aromatic carbocycles. The normalized spacial score (nSPS) is 11.0. The van der Waals surface area contributed by atoms with Crippen molar-refractivity contribution in [3.8, 4) is 39.8 Å². The molecular formula is C23H22N2O4S. The quantitative estimate of drug-likeness (QED) is 0.492. The minimum absolute atomic E-state index is 0.169. The van der Waals surface area contributed by atoms with Crippen molar-refractivity contribution in [2.24, 2.45) is 0 Å². The molecule has 2 heterocycles. The zero-order chi connectivity index (χ0) is 21.4. The summed E-state index contributed by atoms with van der Waals surface area (Å²) in [5.41, 5.74) is 3.48. The van der Waals surface area contributed by atoms with Crippen molar-refractivity contribution >= 4 is 21.6 Å². The molecule has 4 rings (SSSR count). The van der Waals surface area contributed by atoms with E-state index in [1.54, 1.807) is 33.5 Å². The Hall–Kier alpha value is -3.32. The molecule has 0 aliphatic rings. The number of nitrogens with zero attached hydrogens (tertiary/aromatic N) is 1. The predicted molar refractivity (Wildman–Crippen MR) is 120 cm³/mol. The van der Waals surface area contributed by atoms with Crippen molar-refractivity contribution in [2.75, 3.05) is 21.3 Å². The van der Waals surface area contributed by atoms with E-state index < -0.39 is 0 Å². The number of fused-ring (bicyclic) bond motifs is 1. The van der Waals surface area contributed by atoms with Gasteiger partial charge in [-0.05, 0) is 55.3 Å². The van der Waals surface area contributed by atoms with Gasteiger partial charge in [0.2, 0.25) is 0 Å². The molecule has 0 unspecified atom stereocenters. The second kappa shape index (κ2) is 7.84. The SMILES string of the molecule is COc1ccc(-c2c(C)sc3nc(-c4ccc(OC)c(OC)c4)[nH]c(=O)c23)cc1C. The van der Waals surface area contributed by atoms with E-state index >= 15 is 0 Å². The third-order valence-electron chi connectivity index (χ3n) is 5.08. The van der Waals surface area contributed by atoms with Crippen LogP contribution >= 0.6 is 11.3 Å². The number of thiophene rings is 1. The summed E-state index contributed by atoms with van der Waals surface area (Å²) in [6.07, 6.45) is 0. The highest BCUT2D eigenvalue weighted by Crippen LogP contribution is 2.38. The summed E-state index contributed by atoms with van der Waals surface area (Å²) in [4.78, 5) is 22.5. The smallest absolute Gasteiger partial charge is 0.260 e. The lowest BCUT2D eigenvalue weighted by molar-refractivity contribution is 0.355. The fourth-order valence-corrected chi connectivity index (χ4v) is 4.67. The Labute approximate surface area is 178 Å². The van der Waals surface area contributed by atoms with Crippen LogP contribution in [0.25, 0.3) is 32.7 Å². The van der Waals surface area contributed by atoms with Crippen LogP contribution in [-0.2, 0) is 0 Å². The van der Waals surface area contributed by atoms with E-state index in [0.717, 1.165) is 32.9 Å². The molecule has 7 heteroatoms. The molecule has 0 saturated heterocycles. The maximum atomic E-state index is 13.1. The fourth-order valence-electron chi connectivity index (χ4n) is 3.62. The number of aromatic amines is 1. The predicted octanol–water partition coefficient (Wildman–Crippen LogP) is 4.96. The summed E-state index contributed by atoms with van der Waals surface area (Å²) in [6.45, 7) is 4.00. The number of methoxy groups -OCH3 is 3. The first kappa shape index (κ1) is 20.0. The first-order valence-corrected chi connectivity index (χ1v) is 10.2. The van der Waals surface area contributed by atoms with Gasteiger partial charge in [-0.2, -0.15) is 0 Å². The van der Waals surface area contributed by atoms with Crippen molar-refractivity contribution in [1.29, 1.82) is 0 Å². The van der Waals surface area contributed by atoms with E-state index in [-0.39, 0.29) is 5.56 Å². The van der Waals surface area contributed by atoms with Gasteiger partial charge in [-0.1, -0.05) is 6.07 Å². The summed E-state index contributed by atoms with van der Waals surface area (Å²) >= 11 is 1.51. The second-order valence-electron chi connectivity index (χ2n) is 6.88. The highest BCUT2D eigenvalue weighted by atomic mass is 32.1. The Kier molecular flexibility index (Phi) is 5.22. The van der Waals surface area contributed by atoms with Crippen molar-refractivity contribution in [1.82, 2.24) is 9.97 Å². The molecule has 0 radical (unpaired) electrons. The minimum atomic E-state index is -0.169. The zero-order valence-electron chi connectivity index (χ0n) is 17.5. The van der Waals surface area contributed by atoms with Gasteiger partial charge in [0.15, 0.2) is 11.5 Å². The maximum Gasteiger partial charge on any atom is 0.260 e. The van der Waals surface area contributed by atoms with Gasteiger partial charge in [0, 0.05) is 16.0 Å². The molecule has 6 nitrogen and oxygen atoms in total. The molecule has 0 spiro atoms. The van der Waals surface area contributed by atoms with Crippen LogP contribution in [0.5, 0.6) is 17.2 Å². The highest BCUT2D eigenvalue weighted by Gasteiger charge is 2.18. The lowest BCUT2D eigenvalue weighted by atomic mass is 10.0. The molecular weight excluding hydrogens is 400 g/mol. The monoisotopic (exact) mass is 422 g/mol. The van der Waals surface area contributed by atoms with Gasteiger partial charge >= 0.3 is 0 Å². The Morgan fingerprint density at radius 1 is 0.867 bits per heavy atom. The number of benzene rings is 2. The summed E-state index contributed by atoms with van der Waals surface area (Å²) in [5, 5.41) is 0.603. The number of hydrogen-bond donors (Lipinski definition) is 1. The van der Waals surface area contributed by atoms with E-state index in [4.69, 9.17) is 19.2 Å². The van der Waals surface area contributed by atoms with E-state index in [0.29, 0.717) is 27.5 Å². The molecule has 0 atom stereocenters. The Morgan fingerprint density at radius 3 is 2.20 bits per heavy atom. The Bertz CT molecular complexity index is 1310. The number of aromatic nitrogens is 2. The number of hydrogen-bond acceptors (Lipinski definition) is 6. The molecule has 1 N–H and O–H groups in total. The maximum absolute atomic E-state index is 13.1. The van der Waals surface area contributed by atoms with Crippen molar-refractivity contribution in [2.45, 2.75) is 13.8 Å². The molecule has 2 aromatic heterocycles. The number of nitrogens with one attached hydrogen (secondary N) is 1. The summed E-state index contributed by atoms with van der Waals surface area (Å²) in [5.74, 6) is 2.51. The van der Waals surface area contributed by atoms with Gasteiger partial charge in [0.1, 0.15) is 16.4 Å². The van der Waals surface area contributed by atoms with Crippen molar-refractivity contribution in [3.63, 3.8) is 0 Å². The first-order chi connectivity index (χ1) is 14.5. The Morgan fingerprint density at radius 2 is 1.53 bits per heavy atom. The molecule has 0 amide bonds. The standard InChI is InChI=1S/C23H22N2O4S/c1-12-10-14(6-8-16(12)27-3)19-13(2)30-23-20(19)22(26)24-21(25-23)15-7-9-17(28-4)18(11-15)29-5/h6-11H,1-5H3,(H,24,25,26). The van der Waals surface area contributed by atoms with E-state index in [9.17, 15) is 4.79 Å². The van der Waals surface area contributed by atoms with E-state index in [1.807, 2.05) is 38.1 Å². The molecule has 30 heavy (non-hydrogen) atoms. The molecule has 154 valence electrons. The third-order valence-corrected chi connectivity index (χ3v) is 6.08.